The lowest BCUT2D eigenvalue weighted by Crippen LogP contribution is -2.55. The molecule has 1 unspecified atom stereocenters. The summed E-state index contributed by atoms with van der Waals surface area (Å²) in [5, 5.41) is 11.6. The second-order valence-corrected chi connectivity index (χ2v) is 9.23. The molecule has 1 N–H and O–H groups in total. The maximum absolute atomic E-state index is 12.6. The number of nitrogens with one attached hydrogen (secondary N) is 1. The largest absolute Gasteiger partial charge is 0.381 e. The number of piperidine rings is 1. The van der Waals surface area contributed by atoms with Crippen molar-refractivity contribution in [1.29, 1.82) is 0 Å². The third kappa shape index (κ3) is 4.67. The van der Waals surface area contributed by atoms with E-state index in [0.29, 0.717) is 51.8 Å². The Morgan fingerprint density at radius 1 is 1.27 bits per heavy atom. The van der Waals surface area contributed by atoms with Gasteiger partial charge in [0.2, 0.25) is 11.8 Å². The molecule has 4 rings (SSSR count). The number of amides is 2. The van der Waals surface area contributed by atoms with Gasteiger partial charge in [0.05, 0.1) is 31.9 Å². The van der Waals surface area contributed by atoms with Crippen LogP contribution >= 0.6 is 0 Å². The minimum absolute atomic E-state index is 0.0151. The van der Waals surface area contributed by atoms with E-state index in [4.69, 9.17) is 9.47 Å². The summed E-state index contributed by atoms with van der Waals surface area (Å²) in [6.07, 6.45) is 3.95. The Morgan fingerprint density at radius 3 is 2.83 bits per heavy atom. The van der Waals surface area contributed by atoms with Crippen LogP contribution < -0.4 is 5.32 Å². The lowest BCUT2D eigenvalue weighted by Gasteiger charge is -2.44. The van der Waals surface area contributed by atoms with Gasteiger partial charge in [-0.1, -0.05) is 19.1 Å². The van der Waals surface area contributed by atoms with Crippen molar-refractivity contribution < 1.29 is 19.1 Å². The van der Waals surface area contributed by atoms with E-state index in [-0.39, 0.29) is 17.7 Å². The lowest BCUT2D eigenvalue weighted by atomic mass is 9.90. The second kappa shape index (κ2) is 9.01. The molecule has 1 atom stereocenters. The van der Waals surface area contributed by atoms with Crippen LogP contribution in [0.4, 0.5) is 0 Å². The van der Waals surface area contributed by atoms with Gasteiger partial charge in [0.1, 0.15) is 11.3 Å². The molecule has 2 amide bonds. The quantitative estimate of drug-likeness (QED) is 0.772. The number of fused-ring (bicyclic) bond motifs is 1. The van der Waals surface area contributed by atoms with E-state index < -0.39 is 5.60 Å². The number of hydrogen-bond donors (Lipinski definition) is 1. The monoisotopic (exact) mass is 419 g/mol. The number of nitrogens with zero attached hydrogens (tertiary/aromatic N) is 4. The molecule has 166 valence electrons. The Labute approximate surface area is 177 Å². The molecule has 1 spiro atoms. The molecule has 30 heavy (non-hydrogen) atoms. The summed E-state index contributed by atoms with van der Waals surface area (Å²) in [5.74, 6) is 0.623. The van der Waals surface area contributed by atoms with Crippen molar-refractivity contribution in [2.45, 2.75) is 71.2 Å². The number of rotatable bonds is 5. The number of aromatic nitrogens is 3. The highest BCUT2D eigenvalue weighted by atomic mass is 16.5. The van der Waals surface area contributed by atoms with Crippen molar-refractivity contribution in [3.05, 3.63) is 11.4 Å². The first kappa shape index (κ1) is 21.2. The zero-order valence-electron chi connectivity index (χ0n) is 18.1. The molecule has 1 aromatic heterocycles. The van der Waals surface area contributed by atoms with E-state index in [1.54, 1.807) is 0 Å². The first-order valence-electron chi connectivity index (χ1n) is 11.1. The van der Waals surface area contributed by atoms with Crippen LogP contribution in [0.15, 0.2) is 0 Å². The fraction of sp³-hybridized carbons (Fsp3) is 0.810. The molecule has 1 aromatic rings. The highest BCUT2D eigenvalue weighted by Gasteiger charge is 2.42. The highest BCUT2D eigenvalue weighted by molar-refractivity contribution is 5.78. The molecule has 3 aliphatic heterocycles. The Bertz CT molecular complexity index is 773. The molecule has 0 radical (unpaired) electrons. The average Bonchev–Trinajstić information content (AvgIpc) is 3.14. The molecular formula is C21H33N5O4. The van der Waals surface area contributed by atoms with Crippen molar-refractivity contribution in [2.75, 3.05) is 26.3 Å². The smallest absolute Gasteiger partial charge is 0.223 e. The zero-order chi connectivity index (χ0) is 21.1. The van der Waals surface area contributed by atoms with E-state index in [2.05, 4.69) is 29.5 Å². The first-order valence-corrected chi connectivity index (χ1v) is 11.1. The molecular weight excluding hydrogens is 386 g/mol. The van der Waals surface area contributed by atoms with Gasteiger partial charge in [-0.15, -0.1) is 5.10 Å². The van der Waals surface area contributed by atoms with Gasteiger partial charge in [0.15, 0.2) is 0 Å². The second-order valence-electron chi connectivity index (χ2n) is 9.23. The van der Waals surface area contributed by atoms with Crippen molar-refractivity contribution in [3.63, 3.8) is 0 Å². The van der Waals surface area contributed by atoms with Crippen LogP contribution in [0.1, 0.15) is 57.3 Å². The molecule has 9 heteroatoms. The topological polar surface area (TPSA) is 98.6 Å². The first-order chi connectivity index (χ1) is 14.5. The zero-order valence-corrected chi connectivity index (χ0v) is 18.1. The molecule has 0 saturated carbocycles. The van der Waals surface area contributed by atoms with Crippen molar-refractivity contribution in [2.24, 2.45) is 11.8 Å². The van der Waals surface area contributed by atoms with E-state index in [0.717, 1.165) is 43.6 Å². The standard InChI is InChI=1S/C21H33N5O4/c1-15(2)10-19(27)25-7-3-6-21(13-25)14-26-18(12-30-21)17(23-24-26)11-22-20(28)16-4-8-29-9-5-16/h15-16H,3-14H2,1-2H3,(H,22,28). The van der Waals surface area contributed by atoms with Gasteiger partial charge < -0.3 is 19.7 Å². The normalized spacial score (nSPS) is 24.8. The maximum Gasteiger partial charge on any atom is 0.223 e. The summed E-state index contributed by atoms with van der Waals surface area (Å²) in [5.41, 5.74) is 1.28. The van der Waals surface area contributed by atoms with Crippen LogP contribution in [0.2, 0.25) is 0 Å². The average molecular weight is 420 g/mol. The molecule has 4 heterocycles. The molecule has 0 aromatic carbocycles. The van der Waals surface area contributed by atoms with Gasteiger partial charge in [-0.05, 0) is 31.6 Å². The van der Waals surface area contributed by atoms with Crippen LogP contribution in [0, 0.1) is 11.8 Å². The fourth-order valence-corrected chi connectivity index (χ4v) is 4.64. The number of carbonyl (C=O) groups is 2. The Balaban J connectivity index is 1.36. The number of likely N-dealkylation sites (tertiary alicyclic amines) is 1. The minimum atomic E-state index is -0.395. The molecule has 9 nitrogen and oxygen atoms in total. The third-order valence-electron chi connectivity index (χ3n) is 6.37. The predicted molar refractivity (Wildman–Crippen MR) is 108 cm³/mol. The predicted octanol–water partition coefficient (Wildman–Crippen LogP) is 1.26. The van der Waals surface area contributed by atoms with Crippen LogP contribution in [-0.4, -0.2) is 63.6 Å². The minimum Gasteiger partial charge on any atom is -0.381 e. The van der Waals surface area contributed by atoms with Crippen molar-refractivity contribution in [3.8, 4) is 0 Å². The fourth-order valence-electron chi connectivity index (χ4n) is 4.64. The van der Waals surface area contributed by atoms with E-state index >= 15 is 0 Å². The third-order valence-corrected chi connectivity index (χ3v) is 6.37. The molecule has 2 fully saturated rings. The van der Waals surface area contributed by atoms with Crippen molar-refractivity contribution >= 4 is 11.8 Å². The van der Waals surface area contributed by atoms with Gasteiger partial charge >= 0.3 is 0 Å². The SMILES string of the molecule is CC(C)CC(=O)N1CCCC2(C1)Cn1nnc(CNC(=O)C3CCOCC3)c1CO2. The Morgan fingerprint density at radius 2 is 2.07 bits per heavy atom. The summed E-state index contributed by atoms with van der Waals surface area (Å²) < 4.78 is 13.5. The molecule has 0 bridgehead atoms. The van der Waals surface area contributed by atoms with Gasteiger partial charge in [-0.25, -0.2) is 4.68 Å². The summed E-state index contributed by atoms with van der Waals surface area (Å²) in [7, 11) is 0. The van der Waals surface area contributed by atoms with E-state index in [1.807, 2.05) is 9.58 Å². The molecule has 0 aliphatic carbocycles. The van der Waals surface area contributed by atoms with Crippen LogP contribution in [0.25, 0.3) is 0 Å². The number of hydrogen-bond acceptors (Lipinski definition) is 6. The van der Waals surface area contributed by atoms with Gasteiger partial charge in [-0.2, -0.15) is 0 Å². The molecule has 3 aliphatic rings. The van der Waals surface area contributed by atoms with Gasteiger partial charge in [0, 0.05) is 32.1 Å². The number of ether oxygens (including phenoxy) is 2. The van der Waals surface area contributed by atoms with E-state index in [1.165, 1.54) is 0 Å². The van der Waals surface area contributed by atoms with Gasteiger partial charge in [-0.3, -0.25) is 9.59 Å². The highest BCUT2D eigenvalue weighted by Crippen LogP contribution is 2.33. The van der Waals surface area contributed by atoms with E-state index in [9.17, 15) is 9.59 Å². The summed E-state index contributed by atoms with van der Waals surface area (Å²) >= 11 is 0. The summed E-state index contributed by atoms with van der Waals surface area (Å²) in [4.78, 5) is 26.9. The summed E-state index contributed by atoms with van der Waals surface area (Å²) in [6.45, 7) is 8.19. The van der Waals surface area contributed by atoms with Gasteiger partial charge in [0.25, 0.3) is 0 Å². The lowest BCUT2D eigenvalue weighted by molar-refractivity contribution is -0.153. The van der Waals surface area contributed by atoms with Crippen LogP contribution in [0.5, 0.6) is 0 Å². The van der Waals surface area contributed by atoms with Crippen LogP contribution in [-0.2, 0) is 38.8 Å². The molecule has 2 saturated heterocycles. The van der Waals surface area contributed by atoms with Crippen molar-refractivity contribution in [1.82, 2.24) is 25.2 Å². The Hall–Kier alpha value is -2.00. The maximum atomic E-state index is 12.6. The summed E-state index contributed by atoms with van der Waals surface area (Å²) in [6, 6.07) is 0. The number of carbonyl (C=O) groups excluding carboxylic acids is 2. The Kier molecular flexibility index (Phi) is 6.38. The van der Waals surface area contributed by atoms with Crippen LogP contribution in [0.3, 0.4) is 0 Å².